The predicted octanol–water partition coefficient (Wildman–Crippen LogP) is -0.0996. The minimum Gasteiger partial charge on any atom is -0.348 e. The van der Waals surface area contributed by atoms with Crippen LogP contribution in [0.1, 0.15) is 11.4 Å². The molecule has 0 fully saturated rings. The maximum absolute atomic E-state index is 11.1. The quantitative estimate of drug-likeness (QED) is 0.634. The number of nitrogens with one attached hydrogen (secondary N) is 2. The normalized spacial score (nSPS) is 9.23. The molecule has 0 aliphatic carbocycles. The third-order valence-corrected chi connectivity index (χ3v) is 1.63. The third kappa shape index (κ3) is 2.60. The lowest BCUT2D eigenvalue weighted by Gasteiger charge is -1.98. The fraction of sp³-hybridized carbons (Fsp3) is 0.375. The van der Waals surface area contributed by atoms with E-state index in [1.54, 1.807) is 6.33 Å². The first-order valence-electron chi connectivity index (χ1n) is 3.86. The highest BCUT2D eigenvalue weighted by molar-refractivity contribution is 5.78. The van der Waals surface area contributed by atoms with Gasteiger partial charge < -0.3 is 10.3 Å². The van der Waals surface area contributed by atoms with Crippen LogP contribution < -0.4 is 5.32 Å². The van der Waals surface area contributed by atoms with Crippen molar-refractivity contribution < 1.29 is 4.79 Å². The molecule has 0 saturated heterocycles. The Morgan fingerprint density at radius 2 is 2.62 bits per heavy atom. The van der Waals surface area contributed by atoms with E-state index in [2.05, 4.69) is 15.3 Å². The van der Waals surface area contributed by atoms with E-state index >= 15 is 0 Å². The zero-order chi connectivity index (χ0) is 9.68. The summed E-state index contributed by atoms with van der Waals surface area (Å²) in [6.45, 7) is 1.89. The Morgan fingerprint density at radius 1 is 1.85 bits per heavy atom. The molecule has 2 N–H and O–H groups in total. The summed E-state index contributed by atoms with van der Waals surface area (Å²) >= 11 is 0. The van der Waals surface area contributed by atoms with Gasteiger partial charge in [0.25, 0.3) is 0 Å². The fourth-order valence-electron chi connectivity index (χ4n) is 0.918. The SMILES string of the molecule is Cc1[nH]cnc1CC(=O)NCC#N. The van der Waals surface area contributed by atoms with Crippen LogP contribution in [-0.2, 0) is 11.2 Å². The van der Waals surface area contributed by atoms with Crippen molar-refractivity contribution in [3.63, 3.8) is 0 Å². The number of imidazole rings is 1. The van der Waals surface area contributed by atoms with Gasteiger partial charge in [-0.2, -0.15) is 5.26 Å². The van der Waals surface area contributed by atoms with E-state index in [1.165, 1.54) is 0 Å². The molecule has 5 nitrogen and oxygen atoms in total. The first-order valence-corrected chi connectivity index (χ1v) is 3.86. The molecule has 0 unspecified atom stereocenters. The average Bonchev–Trinajstić information content (AvgIpc) is 2.48. The molecule has 0 radical (unpaired) electrons. The van der Waals surface area contributed by atoms with Crippen molar-refractivity contribution in [1.82, 2.24) is 15.3 Å². The first kappa shape index (κ1) is 9.26. The summed E-state index contributed by atoms with van der Waals surface area (Å²) in [6.07, 6.45) is 1.76. The molecule has 5 heteroatoms. The third-order valence-electron chi connectivity index (χ3n) is 1.63. The van der Waals surface area contributed by atoms with E-state index in [0.29, 0.717) is 0 Å². The summed E-state index contributed by atoms with van der Waals surface area (Å²) in [5.74, 6) is -0.184. The van der Waals surface area contributed by atoms with Gasteiger partial charge in [-0.3, -0.25) is 4.79 Å². The van der Waals surface area contributed by atoms with Crippen molar-refractivity contribution in [2.75, 3.05) is 6.54 Å². The van der Waals surface area contributed by atoms with Crippen molar-refractivity contribution >= 4 is 5.91 Å². The Balaban J connectivity index is 2.46. The summed E-state index contributed by atoms with van der Waals surface area (Å²) in [5, 5.41) is 10.7. The maximum Gasteiger partial charge on any atom is 0.226 e. The van der Waals surface area contributed by atoms with E-state index in [9.17, 15) is 4.79 Å². The number of aromatic amines is 1. The minimum absolute atomic E-state index is 0.0440. The van der Waals surface area contributed by atoms with Crippen molar-refractivity contribution in [3.8, 4) is 6.07 Å². The van der Waals surface area contributed by atoms with Gasteiger partial charge in [-0.1, -0.05) is 0 Å². The van der Waals surface area contributed by atoms with Gasteiger partial charge in [0.1, 0.15) is 6.54 Å². The van der Waals surface area contributed by atoms with Gasteiger partial charge in [0.05, 0.1) is 24.5 Å². The van der Waals surface area contributed by atoms with Gasteiger partial charge in [-0.15, -0.1) is 0 Å². The molecule has 0 saturated carbocycles. The van der Waals surface area contributed by atoms with Crippen LogP contribution in [0.25, 0.3) is 0 Å². The van der Waals surface area contributed by atoms with Gasteiger partial charge >= 0.3 is 0 Å². The number of nitriles is 1. The summed E-state index contributed by atoms with van der Waals surface area (Å²) in [6, 6.07) is 1.83. The molecule has 0 aromatic carbocycles. The molecule has 0 atom stereocenters. The second-order valence-corrected chi connectivity index (χ2v) is 2.59. The molecule has 0 spiro atoms. The number of carbonyl (C=O) groups excluding carboxylic acids is 1. The molecule has 0 bridgehead atoms. The highest BCUT2D eigenvalue weighted by atomic mass is 16.1. The zero-order valence-electron chi connectivity index (χ0n) is 7.29. The molecule has 68 valence electrons. The van der Waals surface area contributed by atoms with Crippen molar-refractivity contribution in [2.45, 2.75) is 13.3 Å². The largest absolute Gasteiger partial charge is 0.348 e. The topological polar surface area (TPSA) is 81.6 Å². The second-order valence-electron chi connectivity index (χ2n) is 2.59. The van der Waals surface area contributed by atoms with Gasteiger partial charge in [0, 0.05) is 5.69 Å². The van der Waals surface area contributed by atoms with E-state index in [1.807, 2.05) is 13.0 Å². The van der Waals surface area contributed by atoms with Crippen molar-refractivity contribution in [2.24, 2.45) is 0 Å². The number of amides is 1. The molecule has 1 aromatic rings. The predicted molar refractivity (Wildman–Crippen MR) is 45.7 cm³/mol. The highest BCUT2D eigenvalue weighted by Crippen LogP contribution is 2.00. The zero-order valence-corrected chi connectivity index (χ0v) is 7.29. The molecule has 1 rings (SSSR count). The lowest BCUT2D eigenvalue weighted by molar-refractivity contribution is -0.120. The van der Waals surface area contributed by atoms with E-state index < -0.39 is 0 Å². The number of hydrogen-bond donors (Lipinski definition) is 2. The van der Waals surface area contributed by atoms with Crippen LogP contribution in [-0.4, -0.2) is 22.4 Å². The second kappa shape index (κ2) is 4.26. The fourth-order valence-corrected chi connectivity index (χ4v) is 0.918. The summed E-state index contributed by atoms with van der Waals surface area (Å²) in [5.41, 5.74) is 1.60. The van der Waals surface area contributed by atoms with Crippen LogP contribution in [0.2, 0.25) is 0 Å². The lowest BCUT2D eigenvalue weighted by Crippen LogP contribution is -2.25. The minimum atomic E-state index is -0.184. The molecule has 1 heterocycles. The Hall–Kier alpha value is -1.83. The standard InChI is InChI=1S/C8H10N4O/c1-6-7(12-5-11-6)4-8(13)10-3-2-9/h5H,3-4H2,1H3,(H,10,13)(H,11,12). The van der Waals surface area contributed by atoms with Crippen LogP contribution >= 0.6 is 0 Å². The number of aromatic nitrogens is 2. The number of carbonyl (C=O) groups is 1. The number of hydrogen-bond acceptors (Lipinski definition) is 3. The van der Waals surface area contributed by atoms with E-state index in [0.717, 1.165) is 11.4 Å². The molecule has 0 aliphatic rings. The molecular formula is C8H10N4O. The Bertz CT molecular complexity index is 336. The van der Waals surface area contributed by atoms with Crippen molar-refractivity contribution in [3.05, 3.63) is 17.7 Å². The van der Waals surface area contributed by atoms with Gasteiger partial charge in [-0.05, 0) is 6.92 Å². The molecular weight excluding hydrogens is 168 g/mol. The molecule has 13 heavy (non-hydrogen) atoms. The Morgan fingerprint density at radius 3 is 3.15 bits per heavy atom. The molecule has 0 aliphatic heterocycles. The van der Waals surface area contributed by atoms with E-state index in [-0.39, 0.29) is 18.9 Å². The number of H-pyrrole nitrogens is 1. The number of nitrogens with zero attached hydrogens (tertiary/aromatic N) is 2. The number of aryl methyl sites for hydroxylation is 1. The highest BCUT2D eigenvalue weighted by Gasteiger charge is 2.06. The van der Waals surface area contributed by atoms with Crippen molar-refractivity contribution in [1.29, 1.82) is 5.26 Å². The van der Waals surface area contributed by atoms with Crippen LogP contribution in [0, 0.1) is 18.3 Å². The summed E-state index contributed by atoms with van der Waals surface area (Å²) in [4.78, 5) is 17.9. The summed E-state index contributed by atoms with van der Waals surface area (Å²) in [7, 11) is 0. The first-order chi connectivity index (χ1) is 6.24. The monoisotopic (exact) mass is 178 g/mol. The summed E-state index contributed by atoms with van der Waals surface area (Å²) < 4.78 is 0. The van der Waals surface area contributed by atoms with Gasteiger partial charge in [0.2, 0.25) is 5.91 Å². The Labute approximate surface area is 75.8 Å². The van der Waals surface area contributed by atoms with Gasteiger partial charge in [0.15, 0.2) is 0 Å². The maximum atomic E-state index is 11.1. The Kier molecular flexibility index (Phi) is 3.03. The van der Waals surface area contributed by atoms with E-state index in [4.69, 9.17) is 5.26 Å². The lowest BCUT2D eigenvalue weighted by atomic mass is 10.2. The van der Waals surface area contributed by atoms with Crippen LogP contribution in [0.15, 0.2) is 6.33 Å². The van der Waals surface area contributed by atoms with Crippen LogP contribution in [0.3, 0.4) is 0 Å². The van der Waals surface area contributed by atoms with Gasteiger partial charge in [-0.25, -0.2) is 4.98 Å². The van der Waals surface area contributed by atoms with Crippen LogP contribution in [0.5, 0.6) is 0 Å². The number of rotatable bonds is 3. The molecule has 1 aromatic heterocycles. The molecule has 1 amide bonds. The van der Waals surface area contributed by atoms with Crippen LogP contribution in [0.4, 0.5) is 0 Å². The smallest absolute Gasteiger partial charge is 0.226 e. The average molecular weight is 178 g/mol.